The topological polar surface area (TPSA) is 77.0 Å². The second kappa shape index (κ2) is 5.16. The standard InChI is InChI=1S/C10H20N4OS/c1-7(2)14-8(5-11)12-13-9(14)16-6-10(3,4)15/h7,15H,5-6,11H2,1-4H3. The molecule has 0 saturated heterocycles. The van der Waals surface area contributed by atoms with E-state index in [1.165, 1.54) is 11.8 Å². The van der Waals surface area contributed by atoms with Gasteiger partial charge in [-0.05, 0) is 27.7 Å². The van der Waals surface area contributed by atoms with E-state index in [4.69, 9.17) is 5.73 Å². The Kier molecular flexibility index (Phi) is 4.35. The van der Waals surface area contributed by atoms with Crippen LogP contribution < -0.4 is 5.73 Å². The Labute approximate surface area is 100 Å². The lowest BCUT2D eigenvalue weighted by Crippen LogP contribution is -2.22. The largest absolute Gasteiger partial charge is 0.390 e. The van der Waals surface area contributed by atoms with Gasteiger partial charge in [0, 0.05) is 11.8 Å². The first kappa shape index (κ1) is 13.5. The molecule has 0 unspecified atom stereocenters. The third-order valence-electron chi connectivity index (χ3n) is 1.99. The van der Waals surface area contributed by atoms with Crippen LogP contribution in [0.2, 0.25) is 0 Å². The molecule has 0 atom stereocenters. The van der Waals surface area contributed by atoms with E-state index in [0.717, 1.165) is 11.0 Å². The molecule has 0 amide bonds. The fraction of sp³-hybridized carbons (Fsp3) is 0.800. The van der Waals surface area contributed by atoms with Crippen LogP contribution >= 0.6 is 11.8 Å². The van der Waals surface area contributed by atoms with E-state index in [1.54, 1.807) is 13.8 Å². The summed E-state index contributed by atoms with van der Waals surface area (Å²) < 4.78 is 2.01. The predicted octanol–water partition coefficient (Wildman–Crippen LogP) is 1.18. The summed E-state index contributed by atoms with van der Waals surface area (Å²) in [5, 5.41) is 18.6. The number of nitrogens with zero attached hydrogens (tertiary/aromatic N) is 3. The van der Waals surface area contributed by atoms with Crippen molar-refractivity contribution < 1.29 is 5.11 Å². The summed E-state index contributed by atoms with van der Waals surface area (Å²) in [7, 11) is 0. The fourth-order valence-electron chi connectivity index (χ4n) is 1.30. The maximum Gasteiger partial charge on any atom is 0.191 e. The molecule has 0 bridgehead atoms. The molecule has 0 spiro atoms. The highest BCUT2D eigenvalue weighted by molar-refractivity contribution is 7.99. The number of aromatic nitrogens is 3. The SMILES string of the molecule is CC(C)n1c(CN)nnc1SCC(C)(C)O. The second-order valence-corrected chi connectivity index (χ2v) is 5.61. The molecule has 1 aromatic rings. The van der Waals surface area contributed by atoms with E-state index >= 15 is 0 Å². The smallest absolute Gasteiger partial charge is 0.191 e. The third-order valence-corrected chi connectivity index (χ3v) is 3.38. The van der Waals surface area contributed by atoms with Crippen LogP contribution in [0, 0.1) is 0 Å². The van der Waals surface area contributed by atoms with Crippen molar-refractivity contribution in [2.24, 2.45) is 5.73 Å². The zero-order chi connectivity index (χ0) is 12.3. The van der Waals surface area contributed by atoms with E-state index < -0.39 is 5.60 Å². The van der Waals surface area contributed by atoms with Crippen LogP contribution in [0.25, 0.3) is 0 Å². The van der Waals surface area contributed by atoms with Crippen molar-refractivity contribution in [3.8, 4) is 0 Å². The van der Waals surface area contributed by atoms with Crippen molar-refractivity contribution >= 4 is 11.8 Å². The molecular weight excluding hydrogens is 224 g/mol. The Morgan fingerprint density at radius 1 is 1.44 bits per heavy atom. The van der Waals surface area contributed by atoms with Gasteiger partial charge in [0.25, 0.3) is 0 Å². The highest BCUT2D eigenvalue weighted by Gasteiger charge is 2.18. The van der Waals surface area contributed by atoms with Gasteiger partial charge in [0.1, 0.15) is 5.82 Å². The van der Waals surface area contributed by atoms with Crippen LogP contribution in [0.3, 0.4) is 0 Å². The van der Waals surface area contributed by atoms with Crippen molar-refractivity contribution in [3.63, 3.8) is 0 Å². The Hall–Kier alpha value is -0.590. The zero-order valence-electron chi connectivity index (χ0n) is 10.3. The lowest BCUT2D eigenvalue weighted by Gasteiger charge is -2.17. The van der Waals surface area contributed by atoms with Crippen LogP contribution in [-0.2, 0) is 6.54 Å². The van der Waals surface area contributed by atoms with Crippen LogP contribution in [0.5, 0.6) is 0 Å². The van der Waals surface area contributed by atoms with Gasteiger partial charge in [0.15, 0.2) is 5.16 Å². The van der Waals surface area contributed by atoms with Crippen LogP contribution in [0.15, 0.2) is 5.16 Å². The normalized spacial score (nSPS) is 12.4. The van der Waals surface area contributed by atoms with E-state index in [9.17, 15) is 5.11 Å². The van der Waals surface area contributed by atoms with E-state index in [2.05, 4.69) is 24.0 Å². The van der Waals surface area contributed by atoms with Crippen molar-refractivity contribution in [2.75, 3.05) is 5.75 Å². The summed E-state index contributed by atoms with van der Waals surface area (Å²) in [6, 6.07) is 0.276. The molecule has 5 nitrogen and oxygen atoms in total. The summed E-state index contributed by atoms with van der Waals surface area (Å²) in [4.78, 5) is 0. The Morgan fingerprint density at radius 3 is 2.50 bits per heavy atom. The van der Waals surface area contributed by atoms with Gasteiger partial charge in [-0.2, -0.15) is 0 Å². The van der Waals surface area contributed by atoms with Crippen molar-refractivity contribution in [1.29, 1.82) is 0 Å². The Morgan fingerprint density at radius 2 is 2.06 bits per heavy atom. The molecule has 0 aromatic carbocycles. The number of nitrogens with two attached hydrogens (primary N) is 1. The third kappa shape index (κ3) is 3.47. The molecule has 16 heavy (non-hydrogen) atoms. The first-order chi connectivity index (χ1) is 7.35. The van der Waals surface area contributed by atoms with Gasteiger partial charge >= 0.3 is 0 Å². The molecule has 1 rings (SSSR count). The number of thioether (sulfide) groups is 1. The van der Waals surface area contributed by atoms with E-state index in [0.29, 0.717) is 12.3 Å². The van der Waals surface area contributed by atoms with Gasteiger partial charge < -0.3 is 15.4 Å². The highest BCUT2D eigenvalue weighted by atomic mass is 32.2. The summed E-state index contributed by atoms with van der Waals surface area (Å²) in [5.41, 5.74) is 4.89. The van der Waals surface area contributed by atoms with Gasteiger partial charge in [0.2, 0.25) is 0 Å². The van der Waals surface area contributed by atoms with Gasteiger partial charge in [-0.3, -0.25) is 0 Å². The minimum atomic E-state index is -0.707. The molecule has 6 heteroatoms. The molecule has 0 aliphatic heterocycles. The van der Waals surface area contributed by atoms with Gasteiger partial charge in [0.05, 0.1) is 12.1 Å². The van der Waals surface area contributed by atoms with Gasteiger partial charge in [-0.25, -0.2) is 0 Å². The second-order valence-electron chi connectivity index (χ2n) is 4.67. The summed E-state index contributed by atoms with van der Waals surface area (Å²) in [5.74, 6) is 1.37. The highest BCUT2D eigenvalue weighted by Crippen LogP contribution is 2.24. The molecule has 0 radical (unpaired) electrons. The van der Waals surface area contributed by atoms with E-state index in [-0.39, 0.29) is 6.04 Å². The quantitative estimate of drug-likeness (QED) is 0.761. The first-order valence-electron chi connectivity index (χ1n) is 5.34. The molecule has 0 fully saturated rings. The lowest BCUT2D eigenvalue weighted by molar-refractivity contribution is 0.107. The molecular formula is C10H20N4OS. The van der Waals surface area contributed by atoms with Crippen molar-refractivity contribution in [2.45, 2.75) is 51.0 Å². The first-order valence-corrected chi connectivity index (χ1v) is 6.32. The van der Waals surface area contributed by atoms with Crippen LogP contribution in [0.4, 0.5) is 0 Å². The molecule has 0 aliphatic rings. The Balaban J connectivity index is 2.84. The van der Waals surface area contributed by atoms with Crippen LogP contribution in [0.1, 0.15) is 39.6 Å². The molecule has 3 N–H and O–H groups in total. The molecule has 1 aromatic heterocycles. The summed E-state index contributed by atoms with van der Waals surface area (Å²) >= 11 is 1.50. The monoisotopic (exact) mass is 244 g/mol. The molecule has 0 saturated carbocycles. The maximum absolute atomic E-state index is 9.67. The number of aliphatic hydroxyl groups is 1. The van der Waals surface area contributed by atoms with Crippen molar-refractivity contribution in [1.82, 2.24) is 14.8 Å². The minimum absolute atomic E-state index is 0.276. The Bertz CT molecular complexity index is 343. The number of rotatable bonds is 5. The average molecular weight is 244 g/mol. The summed E-state index contributed by atoms with van der Waals surface area (Å²) in [6.45, 7) is 8.07. The zero-order valence-corrected chi connectivity index (χ0v) is 11.1. The predicted molar refractivity (Wildman–Crippen MR) is 65.3 cm³/mol. The van der Waals surface area contributed by atoms with Crippen molar-refractivity contribution in [3.05, 3.63) is 5.82 Å². The van der Waals surface area contributed by atoms with Gasteiger partial charge in [-0.1, -0.05) is 11.8 Å². The molecule has 1 heterocycles. The minimum Gasteiger partial charge on any atom is -0.390 e. The maximum atomic E-state index is 9.67. The number of hydrogen-bond donors (Lipinski definition) is 2. The molecule has 92 valence electrons. The summed E-state index contributed by atoms with van der Waals surface area (Å²) in [6.07, 6.45) is 0. The van der Waals surface area contributed by atoms with Crippen LogP contribution in [-0.4, -0.2) is 31.2 Å². The molecule has 0 aliphatic carbocycles. The number of hydrogen-bond acceptors (Lipinski definition) is 5. The van der Waals surface area contributed by atoms with E-state index in [1.807, 2.05) is 4.57 Å². The lowest BCUT2D eigenvalue weighted by atomic mass is 10.2. The fourth-order valence-corrected chi connectivity index (χ4v) is 2.34. The average Bonchev–Trinajstić information content (AvgIpc) is 2.56. The van der Waals surface area contributed by atoms with Gasteiger partial charge in [-0.15, -0.1) is 10.2 Å².